The number of ether oxygens (including phenoxy) is 2. The summed E-state index contributed by atoms with van der Waals surface area (Å²) in [6, 6.07) is -0.522. The van der Waals surface area contributed by atoms with Crippen molar-refractivity contribution in [2.45, 2.75) is 83.9 Å². The fourth-order valence-electron chi connectivity index (χ4n) is 3.56. The third-order valence-corrected chi connectivity index (χ3v) is 4.96. The van der Waals surface area contributed by atoms with E-state index in [9.17, 15) is 14.4 Å². The highest BCUT2D eigenvalue weighted by molar-refractivity contribution is 5.85. The van der Waals surface area contributed by atoms with Crippen LogP contribution in [0.2, 0.25) is 0 Å². The summed E-state index contributed by atoms with van der Waals surface area (Å²) >= 11 is 0. The molecule has 148 valence electrons. The van der Waals surface area contributed by atoms with E-state index >= 15 is 0 Å². The number of esters is 1. The predicted molar refractivity (Wildman–Crippen MR) is 96.5 cm³/mol. The lowest BCUT2D eigenvalue weighted by Gasteiger charge is -2.29. The molecule has 0 radical (unpaired) electrons. The maximum absolute atomic E-state index is 12.3. The minimum Gasteiger partial charge on any atom is -0.454 e. The Morgan fingerprint density at radius 1 is 1.08 bits per heavy atom. The summed E-state index contributed by atoms with van der Waals surface area (Å²) < 4.78 is 10.5. The molecule has 1 aliphatic heterocycles. The molecule has 7 heteroatoms. The lowest BCUT2D eigenvalue weighted by molar-refractivity contribution is -0.153. The van der Waals surface area contributed by atoms with Gasteiger partial charge in [-0.2, -0.15) is 0 Å². The first kappa shape index (κ1) is 20.5. The first-order valence-corrected chi connectivity index (χ1v) is 9.63. The van der Waals surface area contributed by atoms with Gasteiger partial charge in [-0.25, -0.2) is 9.59 Å². The van der Waals surface area contributed by atoms with E-state index in [2.05, 4.69) is 12.2 Å². The number of nitrogens with one attached hydrogen (secondary N) is 1. The van der Waals surface area contributed by atoms with Crippen LogP contribution in [0.4, 0.5) is 4.79 Å². The van der Waals surface area contributed by atoms with Crippen LogP contribution in [0.5, 0.6) is 0 Å². The van der Waals surface area contributed by atoms with Crippen LogP contribution in [0.15, 0.2) is 0 Å². The molecule has 2 fully saturated rings. The largest absolute Gasteiger partial charge is 0.454 e. The van der Waals surface area contributed by atoms with Gasteiger partial charge in [0.15, 0.2) is 6.61 Å². The normalized spacial score (nSPS) is 26.3. The van der Waals surface area contributed by atoms with Gasteiger partial charge in [-0.05, 0) is 52.4 Å². The van der Waals surface area contributed by atoms with Crippen LogP contribution in [0.3, 0.4) is 0 Å². The van der Waals surface area contributed by atoms with E-state index in [1.807, 2.05) is 0 Å². The third-order valence-electron chi connectivity index (χ3n) is 4.96. The average Bonchev–Trinajstić information content (AvgIpc) is 3.03. The Hall–Kier alpha value is -1.79. The van der Waals surface area contributed by atoms with Gasteiger partial charge < -0.3 is 14.8 Å². The van der Waals surface area contributed by atoms with Crippen molar-refractivity contribution >= 4 is 18.0 Å². The van der Waals surface area contributed by atoms with Crippen LogP contribution in [0, 0.1) is 5.92 Å². The van der Waals surface area contributed by atoms with Crippen LogP contribution in [-0.2, 0) is 19.1 Å². The average molecular weight is 368 g/mol. The molecule has 1 N–H and O–H groups in total. The fraction of sp³-hybridized carbons (Fsp3) is 0.842. The Bertz CT molecular complexity index is 529. The molecular formula is C19H32N2O5. The van der Waals surface area contributed by atoms with Crippen LogP contribution >= 0.6 is 0 Å². The standard InChI is InChI=1S/C19H32N2O5/c1-13-8-5-6-9-14(13)20-16(22)12-25-17(23)15-10-7-11-21(15)18(24)26-19(2,3)4/h13-15H,5-12H2,1-4H3,(H,20,22)/t13-,14-,15-/m0/s1. The van der Waals surface area contributed by atoms with E-state index in [-0.39, 0.29) is 18.6 Å². The van der Waals surface area contributed by atoms with Crippen LogP contribution < -0.4 is 5.32 Å². The number of hydrogen-bond donors (Lipinski definition) is 1. The Kier molecular flexibility index (Phi) is 6.89. The molecule has 1 saturated heterocycles. The maximum Gasteiger partial charge on any atom is 0.411 e. The summed E-state index contributed by atoms with van der Waals surface area (Å²) in [5.74, 6) is -0.375. The monoisotopic (exact) mass is 368 g/mol. The number of hydrogen-bond acceptors (Lipinski definition) is 5. The lowest BCUT2D eigenvalue weighted by Crippen LogP contribution is -2.46. The Morgan fingerprint density at radius 2 is 1.77 bits per heavy atom. The SMILES string of the molecule is C[C@H]1CCCC[C@@H]1NC(=O)COC(=O)[C@@H]1CCCN1C(=O)OC(C)(C)C. The second-order valence-corrected chi connectivity index (χ2v) is 8.38. The minimum atomic E-state index is -0.675. The van der Waals surface area contributed by atoms with E-state index in [1.54, 1.807) is 20.8 Å². The molecule has 0 spiro atoms. The summed E-state index contributed by atoms with van der Waals surface area (Å²) in [4.78, 5) is 38.0. The second-order valence-electron chi connectivity index (χ2n) is 8.38. The van der Waals surface area contributed by atoms with Gasteiger partial charge in [-0.3, -0.25) is 9.69 Å². The van der Waals surface area contributed by atoms with E-state index in [4.69, 9.17) is 9.47 Å². The number of rotatable bonds is 4. The highest BCUT2D eigenvalue weighted by Gasteiger charge is 2.38. The molecule has 0 bridgehead atoms. The van der Waals surface area contributed by atoms with Gasteiger partial charge in [0.25, 0.3) is 5.91 Å². The zero-order valence-corrected chi connectivity index (χ0v) is 16.4. The van der Waals surface area contributed by atoms with Crippen molar-refractivity contribution in [3.8, 4) is 0 Å². The Labute approximate surface area is 155 Å². The summed E-state index contributed by atoms with van der Waals surface area (Å²) in [6.07, 6.45) is 5.11. The van der Waals surface area contributed by atoms with Gasteiger partial charge in [0.2, 0.25) is 0 Å². The molecule has 1 heterocycles. The van der Waals surface area contributed by atoms with Gasteiger partial charge in [-0.1, -0.05) is 19.8 Å². The Balaban J connectivity index is 1.80. The van der Waals surface area contributed by atoms with E-state index in [0.29, 0.717) is 25.3 Å². The molecule has 1 aliphatic carbocycles. The molecule has 0 aromatic carbocycles. The molecule has 3 atom stereocenters. The molecule has 2 aliphatic rings. The summed E-state index contributed by atoms with van der Waals surface area (Å²) in [5.41, 5.74) is -0.620. The zero-order valence-electron chi connectivity index (χ0n) is 16.4. The molecule has 0 unspecified atom stereocenters. The lowest BCUT2D eigenvalue weighted by atomic mass is 9.86. The van der Waals surface area contributed by atoms with Crippen molar-refractivity contribution in [2.75, 3.05) is 13.2 Å². The number of likely N-dealkylation sites (tertiary alicyclic amines) is 1. The molecule has 7 nitrogen and oxygen atoms in total. The fourth-order valence-corrected chi connectivity index (χ4v) is 3.56. The highest BCUT2D eigenvalue weighted by atomic mass is 16.6. The molecule has 26 heavy (non-hydrogen) atoms. The Morgan fingerprint density at radius 3 is 2.42 bits per heavy atom. The molecule has 1 saturated carbocycles. The van der Waals surface area contributed by atoms with Crippen molar-refractivity contribution < 1.29 is 23.9 Å². The van der Waals surface area contributed by atoms with Gasteiger partial charge in [-0.15, -0.1) is 0 Å². The molecule has 0 aromatic rings. The molecule has 2 amide bonds. The number of carbonyl (C=O) groups is 3. The minimum absolute atomic E-state index is 0.152. The van der Waals surface area contributed by atoms with E-state index < -0.39 is 23.7 Å². The van der Waals surface area contributed by atoms with Crippen molar-refractivity contribution in [3.05, 3.63) is 0 Å². The van der Waals surface area contributed by atoms with Gasteiger partial charge in [0.1, 0.15) is 11.6 Å². The molecule has 0 aromatic heterocycles. The molecule has 2 rings (SSSR count). The first-order valence-electron chi connectivity index (χ1n) is 9.63. The van der Waals surface area contributed by atoms with E-state index in [1.165, 1.54) is 11.3 Å². The van der Waals surface area contributed by atoms with Crippen molar-refractivity contribution in [2.24, 2.45) is 5.92 Å². The number of nitrogens with zero attached hydrogens (tertiary/aromatic N) is 1. The second kappa shape index (κ2) is 8.73. The van der Waals surface area contributed by atoms with Gasteiger partial charge in [0, 0.05) is 12.6 Å². The number of amides is 2. The van der Waals surface area contributed by atoms with Crippen molar-refractivity contribution in [3.63, 3.8) is 0 Å². The van der Waals surface area contributed by atoms with Crippen LogP contribution in [0.1, 0.15) is 66.2 Å². The highest BCUT2D eigenvalue weighted by Crippen LogP contribution is 2.24. The number of carbonyl (C=O) groups excluding carboxylic acids is 3. The first-order chi connectivity index (χ1) is 12.2. The smallest absolute Gasteiger partial charge is 0.411 e. The van der Waals surface area contributed by atoms with Crippen LogP contribution in [-0.4, -0.2) is 53.7 Å². The summed E-state index contributed by atoms with van der Waals surface area (Å²) in [6.45, 7) is 7.63. The summed E-state index contributed by atoms with van der Waals surface area (Å²) in [5, 5.41) is 2.96. The van der Waals surface area contributed by atoms with Crippen molar-refractivity contribution in [1.29, 1.82) is 0 Å². The quantitative estimate of drug-likeness (QED) is 0.771. The van der Waals surface area contributed by atoms with Crippen LogP contribution in [0.25, 0.3) is 0 Å². The van der Waals surface area contributed by atoms with Crippen molar-refractivity contribution in [1.82, 2.24) is 10.2 Å². The third kappa shape index (κ3) is 5.88. The van der Waals surface area contributed by atoms with Gasteiger partial charge >= 0.3 is 12.1 Å². The topological polar surface area (TPSA) is 84.9 Å². The zero-order chi connectivity index (χ0) is 19.3. The van der Waals surface area contributed by atoms with E-state index in [0.717, 1.165) is 19.3 Å². The molecular weight excluding hydrogens is 336 g/mol. The maximum atomic E-state index is 12.3. The van der Waals surface area contributed by atoms with Gasteiger partial charge in [0.05, 0.1) is 0 Å². The predicted octanol–water partition coefficient (Wildman–Crippen LogP) is 2.62. The summed E-state index contributed by atoms with van der Waals surface area (Å²) in [7, 11) is 0.